The first-order valence-corrected chi connectivity index (χ1v) is 7.94. The zero-order valence-electron chi connectivity index (χ0n) is 13.4. The maximum absolute atomic E-state index is 12.3. The Kier molecular flexibility index (Phi) is 5.40. The van der Waals surface area contributed by atoms with Gasteiger partial charge in [-0.3, -0.25) is 0 Å². The molecular formula is C18H26O3. The highest BCUT2D eigenvalue weighted by atomic mass is 16.6. The normalized spacial score (nSPS) is 29.4. The van der Waals surface area contributed by atoms with Gasteiger partial charge in [0, 0.05) is 0 Å². The molecule has 1 heterocycles. The zero-order chi connectivity index (χ0) is 15.4. The molecule has 0 aliphatic carbocycles. The van der Waals surface area contributed by atoms with E-state index in [9.17, 15) is 4.79 Å². The van der Waals surface area contributed by atoms with Gasteiger partial charge in [0.2, 0.25) is 0 Å². The summed E-state index contributed by atoms with van der Waals surface area (Å²) in [6.07, 6.45) is 2.05. The van der Waals surface area contributed by atoms with Crippen molar-refractivity contribution in [2.75, 3.05) is 0 Å². The minimum Gasteiger partial charge on any atom is -0.456 e. The number of hydrogen-bond acceptors (Lipinski definition) is 3. The summed E-state index contributed by atoms with van der Waals surface area (Å²) in [5.74, 6) is 0.399. The van der Waals surface area contributed by atoms with Gasteiger partial charge in [-0.05, 0) is 36.8 Å². The van der Waals surface area contributed by atoms with Crippen molar-refractivity contribution in [3.8, 4) is 0 Å². The maximum Gasteiger partial charge on any atom is 0.338 e. The quantitative estimate of drug-likeness (QED) is 0.784. The fourth-order valence-corrected chi connectivity index (χ4v) is 2.98. The van der Waals surface area contributed by atoms with Crippen molar-refractivity contribution in [3.63, 3.8) is 0 Å². The van der Waals surface area contributed by atoms with Gasteiger partial charge in [0.1, 0.15) is 6.10 Å². The van der Waals surface area contributed by atoms with Gasteiger partial charge in [-0.15, -0.1) is 0 Å². The SMILES string of the molecule is CC[C@@H]1C[C@H](C)[C@@H](OC(=O)c2ccccc2)[C@H](C(C)C)O1. The van der Waals surface area contributed by atoms with Crippen molar-refractivity contribution in [2.24, 2.45) is 11.8 Å². The standard InChI is InChI=1S/C18H26O3/c1-5-15-11-13(4)17(16(20-15)12(2)3)21-18(19)14-9-7-6-8-10-14/h6-10,12-13,15-17H,5,11H2,1-4H3/t13-,15+,16-,17+/m0/s1. The molecule has 1 aromatic carbocycles. The van der Waals surface area contributed by atoms with E-state index in [0.29, 0.717) is 17.4 Å². The molecule has 1 aromatic rings. The van der Waals surface area contributed by atoms with Gasteiger partial charge in [0.05, 0.1) is 17.8 Å². The average molecular weight is 290 g/mol. The Balaban J connectivity index is 2.10. The van der Waals surface area contributed by atoms with E-state index in [1.807, 2.05) is 18.2 Å². The van der Waals surface area contributed by atoms with Crippen LogP contribution in [0.1, 0.15) is 50.9 Å². The van der Waals surface area contributed by atoms with Crippen molar-refractivity contribution in [2.45, 2.75) is 58.8 Å². The largest absolute Gasteiger partial charge is 0.456 e. The van der Waals surface area contributed by atoms with Crippen LogP contribution in [0, 0.1) is 11.8 Å². The summed E-state index contributed by atoms with van der Waals surface area (Å²) in [5, 5.41) is 0. The lowest BCUT2D eigenvalue weighted by Crippen LogP contribution is -2.48. The van der Waals surface area contributed by atoms with E-state index in [-0.39, 0.29) is 24.3 Å². The third kappa shape index (κ3) is 3.85. The van der Waals surface area contributed by atoms with Crippen LogP contribution in [0.2, 0.25) is 0 Å². The molecule has 4 atom stereocenters. The summed E-state index contributed by atoms with van der Waals surface area (Å²) in [6.45, 7) is 8.55. The highest BCUT2D eigenvalue weighted by Gasteiger charge is 2.40. The molecule has 0 saturated carbocycles. The Morgan fingerprint density at radius 2 is 2.00 bits per heavy atom. The van der Waals surface area contributed by atoms with Crippen LogP contribution in [-0.2, 0) is 9.47 Å². The second kappa shape index (κ2) is 7.08. The van der Waals surface area contributed by atoms with E-state index < -0.39 is 0 Å². The van der Waals surface area contributed by atoms with Gasteiger partial charge in [0.25, 0.3) is 0 Å². The Labute approximate surface area is 127 Å². The van der Waals surface area contributed by atoms with Crippen molar-refractivity contribution < 1.29 is 14.3 Å². The Bertz CT molecular complexity index is 455. The van der Waals surface area contributed by atoms with E-state index in [1.165, 1.54) is 0 Å². The predicted octanol–water partition coefficient (Wildman–Crippen LogP) is 4.07. The summed E-state index contributed by atoms with van der Waals surface area (Å²) in [5.41, 5.74) is 0.602. The summed E-state index contributed by atoms with van der Waals surface area (Å²) in [4.78, 5) is 12.3. The lowest BCUT2D eigenvalue weighted by Gasteiger charge is -2.41. The average Bonchev–Trinajstić information content (AvgIpc) is 2.49. The van der Waals surface area contributed by atoms with Crippen LogP contribution in [0.3, 0.4) is 0 Å². The number of esters is 1. The number of carbonyl (C=O) groups is 1. The molecule has 3 heteroatoms. The van der Waals surface area contributed by atoms with Crippen LogP contribution in [0.15, 0.2) is 30.3 Å². The number of ether oxygens (including phenoxy) is 2. The van der Waals surface area contributed by atoms with Crippen LogP contribution >= 0.6 is 0 Å². The molecule has 1 saturated heterocycles. The molecule has 0 amide bonds. The van der Waals surface area contributed by atoms with E-state index in [4.69, 9.17) is 9.47 Å². The van der Waals surface area contributed by atoms with Gasteiger partial charge in [-0.1, -0.05) is 45.9 Å². The molecule has 116 valence electrons. The van der Waals surface area contributed by atoms with Crippen LogP contribution in [0.4, 0.5) is 0 Å². The number of carbonyl (C=O) groups excluding carboxylic acids is 1. The molecule has 1 aliphatic rings. The molecule has 0 spiro atoms. The van der Waals surface area contributed by atoms with Gasteiger partial charge in [-0.25, -0.2) is 4.79 Å². The van der Waals surface area contributed by atoms with Crippen LogP contribution in [0.25, 0.3) is 0 Å². The molecule has 2 rings (SSSR count). The number of rotatable bonds is 4. The first-order chi connectivity index (χ1) is 10.0. The highest BCUT2D eigenvalue weighted by Crippen LogP contribution is 2.33. The summed E-state index contributed by atoms with van der Waals surface area (Å²) < 4.78 is 11.9. The summed E-state index contributed by atoms with van der Waals surface area (Å²) in [7, 11) is 0. The second-order valence-corrected chi connectivity index (χ2v) is 6.32. The molecule has 0 unspecified atom stereocenters. The van der Waals surface area contributed by atoms with E-state index in [2.05, 4.69) is 27.7 Å². The fourth-order valence-electron chi connectivity index (χ4n) is 2.98. The van der Waals surface area contributed by atoms with E-state index in [1.54, 1.807) is 12.1 Å². The Morgan fingerprint density at radius 1 is 1.33 bits per heavy atom. The molecule has 0 N–H and O–H groups in total. The molecule has 1 aliphatic heterocycles. The van der Waals surface area contributed by atoms with E-state index in [0.717, 1.165) is 12.8 Å². The smallest absolute Gasteiger partial charge is 0.338 e. The van der Waals surface area contributed by atoms with Crippen molar-refractivity contribution in [1.82, 2.24) is 0 Å². The minimum absolute atomic E-state index is 0.0219. The molecule has 0 aromatic heterocycles. The van der Waals surface area contributed by atoms with Gasteiger partial charge in [-0.2, -0.15) is 0 Å². The van der Waals surface area contributed by atoms with Gasteiger partial charge in [0.15, 0.2) is 0 Å². The first kappa shape index (κ1) is 16.0. The maximum atomic E-state index is 12.3. The molecule has 3 nitrogen and oxygen atoms in total. The Hall–Kier alpha value is -1.35. The Morgan fingerprint density at radius 3 is 2.57 bits per heavy atom. The van der Waals surface area contributed by atoms with Crippen molar-refractivity contribution >= 4 is 5.97 Å². The van der Waals surface area contributed by atoms with Crippen LogP contribution in [0.5, 0.6) is 0 Å². The van der Waals surface area contributed by atoms with Gasteiger partial charge >= 0.3 is 5.97 Å². The summed E-state index contributed by atoms with van der Waals surface area (Å²) >= 11 is 0. The molecule has 0 bridgehead atoms. The number of hydrogen-bond donors (Lipinski definition) is 0. The number of benzene rings is 1. The first-order valence-electron chi connectivity index (χ1n) is 7.94. The lowest BCUT2D eigenvalue weighted by atomic mass is 9.85. The molecule has 21 heavy (non-hydrogen) atoms. The molecule has 0 radical (unpaired) electrons. The van der Waals surface area contributed by atoms with Crippen molar-refractivity contribution in [3.05, 3.63) is 35.9 Å². The van der Waals surface area contributed by atoms with Gasteiger partial charge < -0.3 is 9.47 Å². The topological polar surface area (TPSA) is 35.5 Å². The zero-order valence-corrected chi connectivity index (χ0v) is 13.4. The third-order valence-electron chi connectivity index (χ3n) is 4.23. The third-order valence-corrected chi connectivity index (χ3v) is 4.23. The van der Waals surface area contributed by atoms with Crippen molar-refractivity contribution in [1.29, 1.82) is 0 Å². The highest BCUT2D eigenvalue weighted by molar-refractivity contribution is 5.89. The molecule has 1 fully saturated rings. The predicted molar refractivity (Wildman–Crippen MR) is 83.2 cm³/mol. The lowest BCUT2D eigenvalue weighted by molar-refractivity contribution is -0.160. The monoisotopic (exact) mass is 290 g/mol. The van der Waals surface area contributed by atoms with E-state index >= 15 is 0 Å². The van der Waals surface area contributed by atoms with Crippen LogP contribution in [-0.4, -0.2) is 24.3 Å². The summed E-state index contributed by atoms with van der Waals surface area (Å²) in [6, 6.07) is 9.17. The second-order valence-electron chi connectivity index (χ2n) is 6.32. The molecular weight excluding hydrogens is 264 g/mol. The van der Waals surface area contributed by atoms with Crippen LogP contribution < -0.4 is 0 Å². The fraction of sp³-hybridized carbons (Fsp3) is 0.611. The minimum atomic E-state index is -0.253.